The van der Waals surface area contributed by atoms with Crippen LogP contribution in [-0.2, 0) is 19.6 Å². The number of nitrogens with one attached hydrogen (secondary N) is 4. The predicted molar refractivity (Wildman–Crippen MR) is 160 cm³/mol. The zero-order chi connectivity index (χ0) is 34.2. The largest absolute Gasteiger partial charge is 0.497 e. The molecule has 0 saturated carbocycles. The van der Waals surface area contributed by atoms with Crippen molar-refractivity contribution in [3.63, 3.8) is 0 Å². The lowest BCUT2D eigenvalue weighted by atomic mass is 10.0. The molecule has 0 radical (unpaired) electrons. The number of alkyl halides is 3. The van der Waals surface area contributed by atoms with Crippen LogP contribution in [0.1, 0.15) is 37.9 Å². The van der Waals surface area contributed by atoms with Crippen LogP contribution in [-0.4, -0.2) is 52.1 Å². The van der Waals surface area contributed by atoms with Crippen LogP contribution >= 0.6 is 0 Å². The number of esters is 1. The Kier molecular flexibility index (Phi) is 11.4. The highest BCUT2D eigenvalue weighted by Gasteiger charge is 2.42. The van der Waals surface area contributed by atoms with E-state index in [4.69, 9.17) is 25.4 Å². The van der Waals surface area contributed by atoms with Gasteiger partial charge >= 0.3 is 12.1 Å². The number of ether oxygens (including phenoxy) is 4. The zero-order valence-corrected chi connectivity index (χ0v) is 25.8. The number of hydrogen-bond acceptors (Lipinski definition) is 10. The summed E-state index contributed by atoms with van der Waals surface area (Å²) in [4.78, 5) is 26.9. The summed E-state index contributed by atoms with van der Waals surface area (Å²) in [7, 11) is -2.95. The van der Waals surface area contributed by atoms with Crippen LogP contribution in [0.25, 0.3) is 0 Å². The molecule has 3 rings (SSSR count). The average molecular weight is 668 g/mol. The number of hydrazine groups is 1. The van der Waals surface area contributed by atoms with Crippen molar-refractivity contribution in [1.29, 1.82) is 5.41 Å². The molecule has 0 fully saturated rings. The molecule has 1 unspecified atom stereocenters. The number of anilines is 1. The quantitative estimate of drug-likeness (QED) is 0.0556. The van der Waals surface area contributed by atoms with E-state index in [1.807, 2.05) is 4.83 Å². The van der Waals surface area contributed by atoms with E-state index < -0.39 is 45.7 Å². The maximum Gasteiger partial charge on any atom is 0.491 e. The number of hydrogen-bond donors (Lipinski definition) is 5. The Morgan fingerprint density at radius 3 is 2.33 bits per heavy atom. The van der Waals surface area contributed by atoms with Gasteiger partial charge in [0.05, 0.1) is 30.3 Å². The lowest BCUT2D eigenvalue weighted by Gasteiger charge is -2.23. The third-order valence-corrected chi connectivity index (χ3v) is 7.15. The number of halogens is 3. The molecule has 0 aliphatic carbocycles. The Labute approximate surface area is 262 Å². The van der Waals surface area contributed by atoms with Crippen molar-refractivity contribution in [1.82, 2.24) is 10.3 Å². The van der Waals surface area contributed by atoms with Gasteiger partial charge in [0, 0.05) is 17.8 Å². The molecule has 0 saturated heterocycles. The molecule has 1 amide bonds. The van der Waals surface area contributed by atoms with Gasteiger partial charge in [-0.05, 0) is 62.7 Å². The van der Waals surface area contributed by atoms with Crippen LogP contribution in [0.5, 0.6) is 23.0 Å². The molecule has 0 aliphatic heterocycles. The van der Waals surface area contributed by atoms with Crippen LogP contribution in [0.15, 0.2) is 65.6 Å². The number of rotatable bonds is 14. The fourth-order valence-electron chi connectivity index (χ4n) is 3.88. The Hall–Kier alpha value is -5.03. The summed E-state index contributed by atoms with van der Waals surface area (Å²) in [5.41, 5.74) is 7.41. The first-order valence-corrected chi connectivity index (χ1v) is 15.0. The fraction of sp³-hybridized carbons (Fsp3) is 0.276. The second-order valence-electron chi connectivity index (χ2n) is 9.67. The maximum absolute atomic E-state index is 13.6. The van der Waals surface area contributed by atoms with Crippen molar-refractivity contribution in [3.05, 3.63) is 71.8 Å². The normalized spacial score (nSPS) is 12.2. The van der Waals surface area contributed by atoms with Gasteiger partial charge in [-0.2, -0.15) is 13.2 Å². The summed E-state index contributed by atoms with van der Waals surface area (Å²) in [6.07, 6.45) is -5.58. The molecule has 3 aromatic carbocycles. The van der Waals surface area contributed by atoms with Crippen molar-refractivity contribution >= 4 is 33.4 Å². The van der Waals surface area contributed by atoms with Gasteiger partial charge in [-0.25, -0.2) is 13.2 Å². The molecule has 46 heavy (non-hydrogen) atoms. The van der Waals surface area contributed by atoms with E-state index in [1.54, 1.807) is 20.8 Å². The highest BCUT2D eigenvalue weighted by molar-refractivity contribution is 7.89. The number of carbonyl (C=O) groups is 2. The lowest BCUT2D eigenvalue weighted by molar-refractivity contribution is -0.189. The van der Waals surface area contributed by atoms with Gasteiger partial charge in [0.25, 0.3) is 15.9 Å². The van der Waals surface area contributed by atoms with E-state index in [0.29, 0.717) is 5.75 Å². The highest BCUT2D eigenvalue weighted by Crippen LogP contribution is 2.34. The Morgan fingerprint density at radius 1 is 1.00 bits per heavy atom. The SMILES string of the molecule is CCOc1cc(C(Nc2ccc(C(=N)N)c(OC(=O)C(F)(F)F)c2)C(=O)NNS(=O)(=O)c2cccc(OC)c2)ccc1OC(C)C. The van der Waals surface area contributed by atoms with Gasteiger partial charge in [-0.15, -0.1) is 4.83 Å². The number of carbonyl (C=O) groups excluding carboxylic acids is 2. The maximum atomic E-state index is 13.6. The average Bonchev–Trinajstić information content (AvgIpc) is 2.99. The Morgan fingerprint density at radius 2 is 1.72 bits per heavy atom. The first kappa shape index (κ1) is 35.4. The van der Waals surface area contributed by atoms with Crippen molar-refractivity contribution in [2.24, 2.45) is 5.73 Å². The number of methoxy groups -OCH3 is 1. The van der Waals surface area contributed by atoms with Crippen molar-refractivity contribution in [2.75, 3.05) is 19.0 Å². The number of sulfonamides is 1. The zero-order valence-electron chi connectivity index (χ0n) is 25.0. The molecule has 17 heteroatoms. The molecule has 0 aliphatic rings. The number of amidine groups is 1. The van der Waals surface area contributed by atoms with Gasteiger partial charge in [-0.3, -0.25) is 15.6 Å². The minimum Gasteiger partial charge on any atom is -0.497 e. The van der Waals surface area contributed by atoms with Crippen LogP contribution in [0.2, 0.25) is 0 Å². The van der Waals surface area contributed by atoms with Crippen LogP contribution in [0.4, 0.5) is 18.9 Å². The molecule has 3 aromatic rings. The second-order valence-corrected chi connectivity index (χ2v) is 11.4. The first-order valence-electron chi connectivity index (χ1n) is 13.5. The number of benzene rings is 3. The fourth-order valence-corrected chi connectivity index (χ4v) is 4.77. The van der Waals surface area contributed by atoms with Crippen molar-refractivity contribution in [2.45, 2.75) is 44.0 Å². The number of nitrogens with two attached hydrogens (primary N) is 1. The number of nitrogen functional groups attached to an aromatic ring is 1. The van der Waals surface area contributed by atoms with Crippen LogP contribution in [0.3, 0.4) is 0 Å². The van der Waals surface area contributed by atoms with Gasteiger partial charge < -0.3 is 30.0 Å². The summed E-state index contributed by atoms with van der Waals surface area (Å²) in [6.45, 7) is 5.54. The third kappa shape index (κ3) is 9.24. The summed E-state index contributed by atoms with van der Waals surface area (Å²) in [6, 6.07) is 11.8. The van der Waals surface area contributed by atoms with Crippen LogP contribution < -0.4 is 40.3 Å². The molecule has 0 aromatic heterocycles. The van der Waals surface area contributed by atoms with Crippen molar-refractivity contribution < 1.29 is 50.1 Å². The first-order chi connectivity index (χ1) is 21.5. The van der Waals surface area contributed by atoms with Gasteiger partial charge in [0.1, 0.15) is 23.4 Å². The van der Waals surface area contributed by atoms with Gasteiger partial charge in [0.2, 0.25) is 0 Å². The lowest BCUT2D eigenvalue weighted by Crippen LogP contribution is -2.45. The van der Waals surface area contributed by atoms with Gasteiger partial charge in [-0.1, -0.05) is 12.1 Å². The van der Waals surface area contributed by atoms with E-state index in [2.05, 4.69) is 15.5 Å². The molecule has 0 spiro atoms. The molecule has 0 heterocycles. The summed E-state index contributed by atoms with van der Waals surface area (Å²) >= 11 is 0. The van der Waals surface area contributed by atoms with E-state index in [9.17, 15) is 31.2 Å². The third-order valence-electron chi connectivity index (χ3n) is 5.90. The Bertz CT molecular complexity index is 1700. The van der Waals surface area contributed by atoms with E-state index >= 15 is 0 Å². The Balaban J connectivity index is 2.04. The second kappa shape index (κ2) is 14.8. The van der Waals surface area contributed by atoms with Crippen LogP contribution in [0, 0.1) is 5.41 Å². The predicted octanol–water partition coefficient (Wildman–Crippen LogP) is 3.80. The number of amides is 1. The molecular weight excluding hydrogens is 635 g/mol. The topological polar surface area (TPSA) is 191 Å². The molecule has 6 N–H and O–H groups in total. The molecule has 13 nitrogen and oxygen atoms in total. The smallest absolute Gasteiger partial charge is 0.491 e. The standard InChI is InChI=1S/C29H32F3N5O8S/c1-5-43-24-13-17(9-12-22(24)44-16(2)3)25(27(38)36-37-46(40,41)20-8-6-7-19(15-20)42-4)35-18-10-11-21(26(33)34)23(14-18)45-28(39)29(30,31)32/h6-16,25,35,37H,5H2,1-4H3,(H3,33,34)(H,36,38). The van der Waals surface area contributed by atoms with E-state index in [1.165, 1.54) is 55.6 Å². The summed E-state index contributed by atoms with van der Waals surface area (Å²) < 4.78 is 85.7. The minimum absolute atomic E-state index is 0.0637. The highest BCUT2D eigenvalue weighted by atomic mass is 32.2. The molecule has 0 bridgehead atoms. The van der Waals surface area contributed by atoms with Crippen molar-refractivity contribution in [3.8, 4) is 23.0 Å². The monoisotopic (exact) mass is 667 g/mol. The van der Waals surface area contributed by atoms with E-state index in [-0.39, 0.29) is 45.9 Å². The minimum atomic E-state index is -5.35. The summed E-state index contributed by atoms with van der Waals surface area (Å²) in [5.74, 6) is -4.08. The molecule has 1 atom stereocenters. The summed E-state index contributed by atoms with van der Waals surface area (Å²) in [5, 5.41) is 10.4. The molecular formula is C29H32F3N5O8S. The van der Waals surface area contributed by atoms with E-state index in [0.717, 1.165) is 12.1 Å². The van der Waals surface area contributed by atoms with Gasteiger partial charge in [0.15, 0.2) is 11.5 Å². The molecule has 248 valence electrons.